The first kappa shape index (κ1) is 48.6. The normalized spacial score (nSPS) is 19.6. The molecule has 13 heteroatoms. The standard InChI is InChI=1S/C49H63N2O10P/c1-35(2)51(36(3)4)62(58-29-28-50-7)59-33-30-55-34-45-37(5)38(6)46(61-47(52)39-16-12-10-13-17-39)48(60-45)56-31-32-57-49(40-18-14-11-15-19-40,41-20-24-43(53-8)25-21-41)42-22-26-44(54-9)27-23-42/h10-27,35-38,45-46,48H,28-34H2,1-6,8-9H3. The van der Waals surface area contributed by atoms with Gasteiger partial charge in [0.2, 0.25) is 6.54 Å². The van der Waals surface area contributed by atoms with Crippen molar-refractivity contribution in [2.24, 2.45) is 11.8 Å². The van der Waals surface area contributed by atoms with E-state index in [1.54, 1.807) is 38.5 Å². The predicted octanol–water partition coefficient (Wildman–Crippen LogP) is 9.57. The van der Waals surface area contributed by atoms with Crippen LogP contribution < -0.4 is 9.47 Å². The number of benzene rings is 4. The van der Waals surface area contributed by atoms with Gasteiger partial charge in [-0.1, -0.05) is 86.6 Å². The fourth-order valence-electron chi connectivity index (χ4n) is 7.63. The van der Waals surface area contributed by atoms with Crippen molar-refractivity contribution >= 4 is 14.5 Å². The lowest BCUT2D eigenvalue weighted by molar-refractivity contribution is -0.279. The summed E-state index contributed by atoms with van der Waals surface area (Å²) in [6.07, 6.45) is -2.00. The molecule has 1 aliphatic rings. The maximum absolute atomic E-state index is 13.5. The van der Waals surface area contributed by atoms with Crippen molar-refractivity contribution < 1.29 is 47.0 Å². The zero-order chi connectivity index (χ0) is 44.5. The van der Waals surface area contributed by atoms with Crippen LogP contribution >= 0.6 is 8.53 Å². The minimum Gasteiger partial charge on any atom is -0.497 e. The van der Waals surface area contributed by atoms with Crippen molar-refractivity contribution in [2.45, 2.75) is 77.7 Å². The Kier molecular flexibility index (Phi) is 19.2. The van der Waals surface area contributed by atoms with Crippen molar-refractivity contribution in [3.05, 3.63) is 143 Å². The molecule has 1 aliphatic heterocycles. The van der Waals surface area contributed by atoms with E-state index in [1.807, 2.05) is 91.9 Å². The van der Waals surface area contributed by atoms with E-state index in [1.165, 1.54) is 0 Å². The highest BCUT2D eigenvalue weighted by molar-refractivity contribution is 7.44. The lowest BCUT2D eigenvalue weighted by Crippen LogP contribution is -2.53. The molecule has 0 aromatic heterocycles. The number of esters is 1. The fraction of sp³-hybridized carbons (Fsp3) is 0.469. The summed E-state index contributed by atoms with van der Waals surface area (Å²) in [5.41, 5.74) is 2.11. The lowest BCUT2D eigenvalue weighted by atomic mass is 9.80. The van der Waals surface area contributed by atoms with Crippen LogP contribution in [0.2, 0.25) is 0 Å². The van der Waals surface area contributed by atoms with Crippen LogP contribution in [0.1, 0.15) is 68.6 Å². The maximum Gasteiger partial charge on any atom is 0.338 e. The van der Waals surface area contributed by atoms with E-state index in [-0.39, 0.29) is 56.4 Å². The first-order chi connectivity index (χ1) is 30.0. The summed E-state index contributed by atoms with van der Waals surface area (Å²) in [5.74, 6) is 0.796. The molecular weight excluding hydrogens is 808 g/mol. The quantitative estimate of drug-likeness (QED) is 0.0221. The highest BCUT2D eigenvalue weighted by Gasteiger charge is 2.45. The van der Waals surface area contributed by atoms with Crippen LogP contribution in [0.5, 0.6) is 11.5 Å². The second-order valence-electron chi connectivity index (χ2n) is 15.6. The van der Waals surface area contributed by atoms with Gasteiger partial charge in [-0.05, 0) is 86.7 Å². The number of carbonyl (C=O) groups excluding carboxylic acids is 1. The van der Waals surface area contributed by atoms with Crippen molar-refractivity contribution in [1.29, 1.82) is 0 Å². The molecule has 0 radical (unpaired) electrons. The Hall–Kier alpha value is -4.41. The van der Waals surface area contributed by atoms with Crippen LogP contribution in [-0.2, 0) is 38.3 Å². The molecule has 4 aromatic carbocycles. The van der Waals surface area contributed by atoms with E-state index >= 15 is 0 Å². The fourth-order valence-corrected chi connectivity index (χ4v) is 9.19. The highest BCUT2D eigenvalue weighted by Crippen LogP contribution is 2.46. The van der Waals surface area contributed by atoms with Crippen molar-refractivity contribution in [2.75, 3.05) is 60.4 Å². The molecule has 6 atom stereocenters. The predicted molar refractivity (Wildman–Crippen MR) is 240 cm³/mol. The van der Waals surface area contributed by atoms with Gasteiger partial charge in [0, 0.05) is 18.0 Å². The zero-order valence-electron chi connectivity index (χ0n) is 37.3. The first-order valence-corrected chi connectivity index (χ1v) is 22.4. The molecular formula is C49H63N2O10P. The Morgan fingerprint density at radius 3 is 1.82 bits per heavy atom. The van der Waals surface area contributed by atoms with E-state index in [4.69, 9.17) is 48.8 Å². The third-order valence-electron chi connectivity index (χ3n) is 11.0. The van der Waals surface area contributed by atoms with E-state index in [2.05, 4.69) is 44.1 Å². The topological polar surface area (TPSA) is 108 Å². The molecule has 5 rings (SSSR count). The molecule has 12 nitrogen and oxygen atoms in total. The Morgan fingerprint density at radius 1 is 0.726 bits per heavy atom. The first-order valence-electron chi connectivity index (χ1n) is 21.3. The molecule has 0 N–H and O–H groups in total. The second-order valence-corrected chi connectivity index (χ2v) is 17.1. The van der Waals surface area contributed by atoms with Crippen molar-refractivity contribution in [3.63, 3.8) is 0 Å². The molecule has 0 aliphatic carbocycles. The van der Waals surface area contributed by atoms with Gasteiger partial charge in [0.25, 0.3) is 8.53 Å². The van der Waals surface area contributed by atoms with Gasteiger partial charge in [-0.3, -0.25) is 0 Å². The highest BCUT2D eigenvalue weighted by atomic mass is 31.2. The molecule has 0 amide bonds. The Morgan fingerprint density at radius 2 is 1.27 bits per heavy atom. The summed E-state index contributed by atoms with van der Waals surface area (Å²) in [6.45, 7) is 21.4. The minimum absolute atomic E-state index is 0.0529. The molecule has 0 bridgehead atoms. The average molecular weight is 871 g/mol. The summed E-state index contributed by atoms with van der Waals surface area (Å²) in [7, 11) is 1.90. The van der Waals surface area contributed by atoms with Gasteiger partial charge in [0.15, 0.2) is 12.4 Å². The smallest absolute Gasteiger partial charge is 0.338 e. The van der Waals surface area contributed by atoms with Gasteiger partial charge in [-0.15, -0.1) is 0 Å². The number of hydrogen-bond donors (Lipinski definition) is 0. The van der Waals surface area contributed by atoms with Gasteiger partial charge in [-0.25, -0.2) is 16.0 Å². The molecule has 334 valence electrons. The second kappa shape index (κ2) is 24.4. The van der Waals surface area contributed by atoms with Gasteiger partial charge >= 0.3 is 5.97 Å². The third kappa shape index (κ3) is 12.6. The minimum atomic E-state index is -1.38. The lowest BCUT2D eigenvalue weighted by Gasteiger charge is -2.44. The number of hydrogen-bond acceptors (Lipinski definition) is 11. The van der Waals surface area contributed by atoms with Crippen LogP contribution in [0.15, 0.2) is 109 Å². The van der Waals surface area contributed by atoms with Crippen LogP contribution in [0.4, 0.5) is 0 Å². The van der Waals surface area contributed by atoms with E-state index in [0.29, 0.717) is 25.4 Å². The van der Waals surface area contributed by atoms with Gasteiger partial charge < -0.3 is 47.1 Å². The molecule has 1 saturated heterocycles. The van der Waals surface area contributed by atoms with Gasteiger partial charge in [0.05, 0.1) is 58.9 Å². The third-order valence-corrected chi connectivity index (χ3v) is 13.1. The molecule has 0 spiro atoms. The number of methoxy groups -OCH3 is 2. The Balaban J connectivity index is 1.33. The Bertz CT molecular complexity index is 1890. The van der Waals surface area contributed by atoms with E-state index < -0.39 is 32.5 Å². The largest absolute Gasteiger partial charge is 0.497 e. The SMILES string of the molecule is [C-]#[N+]CCOP(OCCOCC1OC(OCCOC(c2ccccc2)(c2ccc(OC)cc2)c2ccc(OC)cc2)C(OC(=O)c2ccccc2)C(C)C1C)N(C(C)C)C(C)C. The summed E-state index contributed by atoms with van der Waals surface area (Å²) in [4.78, 5) is 16.9. The van der Waals surface area contributed by atoms with Gasteiger partial charge in [0.1, 0.15) is 23.7 Å². The zero-order valence-corrected chi connectivity index (χ0v) is 38.2. The van der Waals surface area contributed by atoms with Crippen molar-refractivity contribution in [3.8, 4) is 11.5 Å². The summed E-state index contributed by atoms with van der Waals surface area (Å²) in [6, 6.07) is 35.1. The van der Waals surface area contributed by atoms with Crippen LogP contribution in [0.3, 0.4) is 0 Å². The summed E-state index contributed by atoms with van der Waals surface area (Å²) >= 11 is 0. The molecule has 4 aromatic rings. The number of rotatable bonds is 24. The molecule has 1 fully saturated rings. The average Bonchev–Trinajstić information content (AvgIpc) is 3.29. The maximum atomic E-state index is 13.5. The Labute approximate surface area is 369 Å². The number of carbonyl (C=O) groups is 1. The van der Waals surface area contributed by atoms with E-state index in [0.717, 1.165) is 28.2 Å². The molecule has 62 heavy (non-hydrogen) atoms. The molecule has 1 heterocycles. The van der Waals surface area contributed by atoms with Crippen molar-refractivity contribution in [1.82, 2.24) is 4.67 Å². The summed E-state index contributed by atoms with van der Waals surface area (Å²) < 4.78 is 58.1. The van der Waals surface area contributed by atoms with Crippen LogP contribution in [0.25, 0.3) is 4.85 Å². The number of nitrogens with zero attached hydrogens (tertiary/aromatic N) is 2. The monoisotopic (exact) mass is 870 g/mol. The van der Waals surface area contributed by atoms with Gasteiger partial charge in [-0.2, -0.15) is 0 Å². The van der Waals surface area contributed by atoms with Crippen LogP contribution in [-0.4, -0.2) is 102 Å². The van der Waals surface area contributed by atoms with E-state index in [9.17, 15) is 4.79 Å². The molecule has 6 unspecified atom stereocenters. The summed E-state index contributed by atoms with van der Waals surface area (Å²) in [5, 5.41) is 0. The number of ether oxygens (including phenoxy) is 7. The molecule has 0 saturated carbocycles. The van der Waals surface area contributed by atoms with Crippen LogP contribution in [0, 0.1) is 18.4 Å².